The van der Waals surface area contributed by atoms with E-state index in [0.29, 0.717) is 0 Å². The number of anilines is 1. The molecule has 0 unspecified atom stereocenters. The Bertz CT molecular complexity index is 1020. The third-order valence-corrected chi connectivity index (χ3v) is 4.91. The van der Waals surface area contributed by atoms with Gasteiger partial charge in [-0.05, 0) is 34.5 Å². The highest BCUT2D eigenvalue weighted by Crippen LogP contribution is 2.27. The van der Waals surface area contributed by atoms with E-state index in [2.05, 4.69) is 36.4 Å². The van der Waals surface area contributed by atoms with Crippen molar-refractivity contribution in [3.8, 4) is 11.3 Å². The Morgan fingerprint density at radius 1 is 1.00 bits per heavy atom. The van der Waals surface area contributed by atoms with Gasteiger partial charge in [0.05, 0.1) is 16.4 Å². The van der Waals surface area contributed by atoms with Gasteiger partial charge in [-0.1, -0.05) is 42.5 Å². The fourth-order valence-electron chi connectivity index (χ4n) is 2.84. The van der Waals surface area contributed by atoms with Crippen LogP contribution in [0.15, 0.2) is 66.0 Å². The molecule has 1 heterocycles. The summed E-state index contributed by atoms with van der Waals surface area (Å²) in [7, 11) is 0. The number of rotatable bonds is 3. The largest absolute Gasteiger partial charge is 0.396 e. The summed E-state index contributed by atoms with van der Waals surface area (Å²) in [5, 5.41) is 5.51. The van der Waals surface area contributed by atoms with Gasteiger partial charge in [-0.15, -0.1) is 11.3 Å². The Labute approximate surface area is 143 Å². The maximum Gasteiger partial charge on any atom is 0.146 e. The molecule has 0 fully saturated rings. The highest BCUT2D eigenvalue weighted by atomic mass is 32.1. The van der Waals surface area contributed by atoms with Crippen molar-refractivity contribution in [2.45, 2.75) is 6.42 Å². The average molecular weight is 334 g/mol. The number of nitrogens with zero attached hydrogens (tertiary/aromatic N) is 1. The van der Waals surface area contributed by atoms with Gasteiger partial charge in [-0.2, -0.15) is 0 Å². The molecular weight excluding hydrogens is 319 g/mol. The summed E-state index contributed by atoms with van der Waals surface area (Å²) in [4.78, 5) is 4.69. The molecule has 4 rings (SSSR count). The first kappa shape index (κ1) is 14.8. The molecule has 1 aromatic heterocycles. The Morgan fingerprint density at radius 3 is 2.71 bits per heavy atom. The van der Waals surface area contributed by atoms with Crippen LogP contribution in [0.25, 0.3) is 22.0 Å². The number of thiazole rings is 1. The smallest absolute Gasteiger partial charge is 0.146 e. The van der Waals surface area contributed by atoms with Crippen molar-refractivity contribution in [2.24, 2.45) is 0 Å². The Balaban J connectivity index is 1.66. The van der Waals surface area contributed by atoms with Crippen molar-refractivity contribution >= 4 is 27.8 Å². The summed E-state index contributed by atoms with van der Waals surface area (Å²) in [5.74, 6) is -0.398. The minimum absolute atomic E-state index is 0.149. The monoisotopic (exact) mass is 334 g/mol. The number of fused-ring (bicyclic) bond motifs is 1. The third-order valence-electron chi connectivity index (χ3n) is 4.07. The van der Waals surface area contributed by atoms with Crippen LogP contribution in [-0.4, -0.2) is 4.98 Å². The quantitative estimate of drug-likeness (QED) is 0.518. The van der Waals surface area contributed by atoms with Crippen molar-refractivity contribution in [1.29, 1.82) is 0 Å². The van der Waals surface area contributed by atoms with Crippen LogP contribution in [0.1, 0.15) is 10.6 Å². The van der Waals surface area contributed by atoms with Gasteiger partial charge in [0.25, 0.3) is 0 Å². The van der Waals surface area contributed by atoms with Crippen molar-refractivity contribution in [3.05, 3.63) is 82.4 Å². The van der Waals surface area contributed by atoms with Crippen molar-refractivity contribution in [2.75, 3.05) is 5.73 Å². The van der Waals surface area contributed by atoms with E-state index in [1.807, 2.05) is 11.4 Å². The third kappa shape index (κ3) is 2.76. The van der Waals surface area contributed by atoms with Crippen LogP contribution in [0.2, 0.25) is 0 Å². The zero-order chi connectivity index (χ0) is 16.5. The predicted octanol–water partition coefficient (Wildman–Crippen LogP) is 5.28. The van der Waals surface area contributed by atoms with Crippen LogP contribution in [0.3, 0.4) is 0 Å². The molecule has 4 heteroatoms. The van der Waals surface area contributed by atoms with E-state index < -0.39 is 5.82 Å². The molecule has 24 heavy (non-hydrogen) atoms. The fraction of sp³-hybridized carbons (Fsp3) is 0.0500. The maximum absolute atomic E-state index is 13.3. The van der Waals surface area contributed by atoms with E-state index in [1.165, 1.54) is 22.4 Å². The summed E-state index contributed by atoms with van der Waals surface area (Å²) < 4.78 is 13.3. The van der Waals surface area contributed by atoms with Gasteiger partial charge in [0.1, 0.15) is 5.82 Å². The Hall–Kier alpha value is -2.72. The first-order valence-electron chi connectivity index (χ1n) is 7.67. The van der Waals surface area contributed by atoms with Crippen LogP contribution >= 0.6 is 11.3 Å². The Kier molecular flexibility index (Phi) is 3.75. The van der Waals surface area contributed by atoms with E-state index >= 15 is 0 Å². The zero-order valence-corrected chi connectivity index (χ0v) is 13.7. The molecule has 0 spiro atoms. The van der Waals surface area contributed by atoms with Gasteiger partial charge in [-0.25, -0.2) is 9.37 Å². The Morgan fingerprint density at radius 2 is 1.83 bits per heavy atom. The lowest BCUT2D eigenvalue weighted by Crippen LogP contribution is -1.92. The molecule has 0 amide bonds. The second-order valence-corrected chi connectivity index (χ2v) is 6.62. The summed E-state index contributed by atoms with van der Waals surface area (Å²) in [5.41, 5.74) is 8.73. The highest BCUT2D eigenvalue weighted by molar-refractivity contribution is 7.10. The lowest BCUT2D eigenvalue weighted by Gasteiger charge is -2.04. The molecule has 0 saturated carbocycles. The first-order chi connectivity index (χ1) is 11.7. The van der Waals surface area contributed by atoms with Crippen LogP contribution in [0.4, 0.5) is 10.1 Å². The molecule has 118 valence electrons. The standard InChI is InChI=1S/C20H15FN2S/c21-17-9-8-15(10-18(17)22)19-12-24-20(23-19)11-14-6-3-5-13-4-1-2-7-16(13)14/h1-10,12H,11,22H2. The molecule has 2 nitrogen and oxygen atoms in total. The second kappa shape index (κ2) is 6.06. The molecule has 3 aromatic carbocycles. The van der Waals surface area contributed by atoms with Crippen LogP contribution < -0.4 is 5.73 Å². The first-order valence-corrected chi connectivity index (χ1v) is 8.55. The predicted molar refractivity (Wildman–Crippen MR) is 98.7 cm³/mol. The number of nitrogen functional groups attached to an aromatic ring is 1. The summed E-state index contributed by atoms with van der Waals surface area (Å²) in [6, 6.07) is 19.4. The van der Waals surface area contributed by atoms with Crippen LogP contribution in [0.5, 0.6) is 0 Å². The number of hydrogen-bond acceptors (Lipinski definition) is 3. The summed E-state index contributed by atoms with van der Waals surface area (Å²) in [6.45, 7) is 0. The normalized spacial score (nSPS) is 11.0. The van der Waals surface area contributed by atoms with E-state index in [0.717, 1.165) is 22.7 Å². The number of hydrogen-bond donors (Lipinski definition) is 1. The summed E-state index contributed by atoms with van der Waals surface area (Å²) in [6.07, 6.45) is 0.780. The zero-order valence-electron chi connectivity index (χ0n) is 12.9. The van der Waals surface area contributed by atoms with Gasteiger partial charge in [-0.3, -0.25) is 0 Å². The van der Waals surface area contributed by atoms with Crippen LogP contribution in [-0.2, 0) is 6.42 Å². The minimum Gasteiger partial charge on any atom is -0.396 e. The highest BCUT2D eigenvalue weighted by Gasteiger charge is 2.09. The molecule has 0 aliphatic carbocycles. The number of halogens is 1. The molecule has 0 saturated heterocycles. The molecule has 0 bridgehead atoms. The molecule has 0 atom stereocenters. The van der Waals surface area contributed by atoms with Gasteiger partial charge in [0.15, 0.2) is 0 Å². The molecule has 0 aliphatic heterocycles. The molecule has 4 aromatic rings. The maximum atomic E-state index is 13.3. The second-order valence-electron chi connectivity index (χ2n) is 5.68. The van der Waals surface area contributed by atoms with Crippen LogP contribution in [0, 0.1) is 5.82 Å². The van der Waals surface area contributed by atoms with E-state index in [4.69, 9.17) is 10.7 Å². The van der Waals surface area contributed by atoms with E-state index in [1.54, 1.807) is 23.5 Å². The topological polar surface area (TPSA) is 38.9 Å². The van der Waals surface area contributed by atoms with Gasteiger partial charge in [0, 0.05) is 17.4 Å². The number of aromatic nitrogens is 1. The lowest BCUT2D eigenvalue weighted by molar-refractivity contribution is 0.632. The van der Waals surface area contributed by atoms with Crippen molar-refractivity contribution < 1.29 is 4.39 Å². The average Bonchev–Trinajstić information content (AvgIpc) is 3.06. The van der Waals surface area contributed by atoms with Crippen molar-refractivity contribution in [3.63, 3.8) is 0 Å². The summed E-state index contributed by atoms with van der Waals surface area (Å²) >= 11 is 1.61. The molecule has 0 aliphatic rings. The van der Waals surface area contributed by atoms with Crippen molar-refractivity contribution in [1.82, 2.24) is 4.98 Å². The fourth-order valence-corrected chi connectivity index (χ4v) is 3.66. The SMILES string of the molecule is Nc1cc(-c2csc(Cc3cccc4ccccc34)n2)ccc1F. The van der Waals surface area contributed by atoms with E-state index in [9.17, 15) is 4.39 Å². The molecular formula is C20H15FN2S. The van der Waals surface area contributed by atoms with Gasteiger partial charge >= 0.3 is 0 Å². The minimum atomic E-state index is -0.398. The number of nitrogens with two attached hydrogens (primary N) is 1. The molecule has 0 radical (unpaired) electrons. The van der Waals surface area contributed by atoms with Gasteiger partial charge in [0.2, 0.25) is 0 Å². The molecule has 2 N–H and O–H groups in total. The van der Waals surface area contributed by atoms with E-state index in [-0.39, 0.29) is 5.69 Å². The lowest BCUT2D eigenvalue weighted by atomic mass is 10.0. The van der Waals surface area contributed by atoms with Gasteiger partial charge < -0.3 is 5.73 Å². The number of benzene rings is 3.